The first-order valence-corrected chi connectivity index (χ1v) is 8.52. The van der Waals surface area contributed by atoms with Crippen molar-refractivity contribution < 1.29 is 4.74 Å². The first-order valence-electron chi connectivity index (χ1n) is 7.73. The Morgan fingerprint density at radius 2 is 2.25 bits per heavy atom. The van der Waals surface area contributed by atoms with Crippen LogP contribution in [0.25, 0.3) is 0 Å². The molecule has 3 rings (SSSR count). The molecule has 2 saturated carbocycles. The zero-order valence-electron chi connectivity index (χ0n) is 12.1. The van der Waals surface area contributed by atoms with E-state index in [1.165, 1.54) is 37.8 Å². The zero-order chi connectivity index (χ0) is 13.9. The molecule has 1 heterocycles. The van der Waals surface area contributed by atoms with Crippen molar-refractivity contribution in [3.63, 3.8) is 0 Å². The van der Waals surface area contributed by atoms with E-state index < -0.39 is 0 Å². The number of halogens is 1. The highest BCUT2D eigenvalue weighted by molar-refractivity contribution is 9.10. The zero-order valence-corrected chi connectivity index (χ0v) is 13.7. The summed E-state index contributed by atoms with van der Waals surface area (Å²) >= 11 is 3.69. The second-order valence-corrected chi connectivity index (χ2v) is 6.93. The summed E-state index contributed by atoms with van der Waals surface area (Å²) in [5.74, 6) is 1.39. The SMILES string of the molecule is COCCn1ncc(Br)c1C1CCCC1CNC1CC1. The molecule has 2 fully saturated rings. The third-order valence-corrected chi connectivity index (χ3v) is 5.21. The number of aromatic nitrogens is 2. The summed E-state index contributed by atoms with van der Waals surface area (Å²) in [6.07, 6.45) is 8.64. The van der Waals surface area contributed by atoms with E-state index in [1.807, 2.05) is 6.20 Å². The number of methoxy groups -OCH3 is 1. The van der Waals surface area contributed by atoms with Crippen LogP contribution < -0.4 is 5.32 Å². The monoisotopic (exact) mass is 341 g/mol. The summed E-state index contributed by atoms with van der Waals surface area (Å²) in [5, 5.41) is 8.21. The molecule has 0 radical (unpaired) electrons. The first kappa shape index (κ1) is 14.5. The van der Waals surface area contributed by atoms with Gasteiger partial charge in [0.05, 0.1) is 29.5 Å². The summed E-state index contributed by atoms with van der Waals surface area (Å²) in [6, 6.07) is 0.804. The average Bonchev–Trinajstić information content (AvgIpc) is 3.05. The predicted molar refractivity (Wildman–Crippen MR) is 82.9 cm³/mol. The van der Waals surface area contributed by atoms with Gasteiger partial charge in [-0.1, -0.05) is 6.42 Å². The molecule has 112 valence electrons. The molecular weight excluding hydrogens is 318 g/mol. The van der Waals surface area contributed by atoms with Gasteiger partial charge < -0.3 is 10.1 Å². The lowest BCUT2D eigenvalue weighted by Crippen LogP contribution is -2.27. The Balaban J connectivity index is 1.70. The molecular formula is C15H24BrN3O. The van der Waals surface area contributed by atoms with Gasteiger partial charge in [-0.25, -0.2) is 0 Å². The van der Waals surface area contributed by atoms with Gasteiger partial charge in [0.2, 0.25) is 0 Å². The molecule has 0 amide bonds. The summed E-state index contributed by atoms with van der Waals surface area (Å²) in [7, 11) is 1.75. The molecule has 1 aromatic rings. The highest BCUT2D eigenvalue weighted by atomic mass is 79.9. The summed E-state index contributed by atoms with van der Waals surface area (Å²) < 4.78 is 8.49. The lowest BCUT2D eigenvalue weighted by atomic mass is 9.92. The molecule has 0 spiro atoms. The van der Waals surface area contributed by atoms with Crippen LogP contribution in [0.2, 0.25) is 0 Å². The van der Waals surface area contributed by atoms with E-state index in [0.717, 1.165) is 36.1 Å². The van der Waals surface area contributed by atoms with Crippen molar-refractivity contribution in [2.45, 2.75) is 50.6 Å². The van der Waals surface area contributed by atoms with E-state index >= 15 is 0 Å². The van der Waals surface area contributed by atoms with Crippen molar-refractivity contribution in [1.82, 2.24) is 15.1 Å². The highest BCUT2D eigenvalue weighted by Crippen LogP contribution is 2.42. The van der Waals surface area contributed by atoms with Crippen LogP contribution in [0.15, 0.2) is 10.7 Å². The molecule has 2 unspecified atom stereocenters. The van der Waals surface area contributed by atoms with Gasteiger partial charge in [0, 0.05) is 19.1 Å². The summed E-state index contributed by atoms with van der Waals surface area (Å²) in [5.41, 5.74) is 1.38. The molecule has 5 heteroatoms. The fourth-order valence-corrected chi connectivity index (χ4v) is 3.93. The summed E-state index contributed by atoms with van der Waals surface area (Å²) in [4.78, 5) is 0. The van der Waals surface area contributed by atoms with Gasteiger partial charge in [-0.05, 0) is 54.1 Å². The van der Waals surface area contributed by atoms with E-state index in [9.17, 15) is 0 Å². The average molecular weight is 342 g/mol. The Hall–Kier alpha value is -0.390. The Morgan fingerprint density at radius 1 is 1.40 bits per heavy atom. The third kappa shape index (κ3) is 3.26. The van der Waals surface area contributed by atoms with Gasteiger partial charge in [-0.15, -0.1) is 0 Å². The van der Waals surface area contributed by atoms with Crippen molar-refractivity contribution in [2.24, 2.45) is 5.92 Å². The van der Waals surface area contributed by atoms with Gasteiger partial charge in [-0.2, -0.15) is 5.10 Å². The standard InChI is InChI=1S/C15H24BrN3O/c1-20-8-7-19-15(14(16)10-18-19)13-4-2-3-11(13)9-17-12-5-6-12/h10-13,17H,2-9H2,1H3. The lowest BCUT2D eigenvalue weighted by Gasteiger charge is -2.22. The normalized spacial score (nSPS) is 26.3. The maximum Gasteiger partial charge on any atom is 0.0658 e. The molecule has 2 aliphatic carbocycles. The van der Waals surface area contributed by atoms with Gasteiger partial charge in [-0.3, -0.25) is 4.68 Å². The molecule has 0 aromatic carbocycles. The number of nitrogens with one attached hydrogen (secondary N) is 1. The molecule has 2 aliphatic rings. The van der Waals surface area contributed by atoms with Crippen molar-refractivity contribution in [1.29, 1.82) is 0 Å². The summed E-state index contributed by atoms with van der Waals surface area (Å²) in [6.45, 7) is 2.73. The van der Waals surface area contributed by atoms with Crippen LogP contribution in [0.1, 0.15) is 43.7 Å². The van der Waals surface area contributed by atoms with E-state index in [-0.39, 0.29) is 0 Å². The van der Waals surface area contributed by atoms with Crippen LogP contribution in [0.5, 0.6) is 0 Å². The minimum absolute atomic E-state index is 0.634. The van der Waals surface area contributed by atoms with Crippen LogP contribution in [-0.4, -0.2) is 36.1 Å². The molecule has 20 heavy (non-hydrogen) atoms. The number of ether oxygens (including phenoxy) is 1. The Morgan fingerprint density at radius 3 is 3.00 bits per heavy atom. The van der Waals surface area contributed by atoms with Crippen molar-refractivity contribution in [3.8, 4) is 0 Å². The second-order valence-electron chi connectivity index (χ2n) is 6.07. The fourth-order valence-electron chi connectivity index (χ4n) is 3.34. The minimum atomic E-state index is 0.634. The Kier molecular flexibility index (Phi) is 4.79. The molecule has 1 N–H and O–H groups in total. The molecule has 4 nitrogen and oxygen atoms in total. The maximum atomic E-state index is 5.20. The molecule has 2 atom stereocenters. The molecule has 0 bridgehead atoms. The van der Waals surface area contributed by atoms with E-state index in [0.29, 0.717) is 5.92 Å². The van der Waals surface area contributed by atoms with Crippen LogP contribution >= 0.6 is 15.9 Å². The largest absolute Gasteiger partial charge is 0.383 e. The first-order chi connectivity index (χ1) is 9.79. The number of hydrogen-bond acceptors (Lipinski definition) is 3. The third-order valence-electron chi connectivity index (χ3n) is 4.60. The maximum absolute atomic E-state index is 5.20. The van der Waals surface area contributed by atoms with Gasteiger partial charge >= 0.3 is 0 Å². The van der Waals surface area contributed by atoms with Crippen LogP contribution in [0, 0.1) is 5.92 Å². The number of rotatable bonds is 7. The Labute approximate surface area is 129 Å². The van der Waals surface area contributed by atoms with Crippen molar-refractivity contribution >= 4 is 15.9 Å². The number of hydrogen-bond donors (Lipinski definition) is 1. The van der Waals surface area contributed by atoms with Crippen molar-refractivity contribution in [2.75, 3.05) is 20.3 Å². The van der Waals surface area contributed by atoms with Crippen LogP contribution in [0.3, 0.4) is 0 Å². The Bertz CT molecular complexity index is 444. The van der Waals surface area contributed by atoms with Gasteiger partial charge in [0.25, 0.3) is 0 Å². The minimum Gasteiger partial charge on any atom is -0.383 e. The second kappa shape index (κ2) is 6.58. The van der Waals surface area contributed by atoms with E-state index in [4.69, 9.17) is 4.74 Å². The van der Waals surface area contributed by atoms with E-state index in [1.54, 1.807) is 7.11 Å². The molecule has 0 aliphatic heterocycles. The van der Waals surface area contributed by atoms with Gasteiger partial charge in [0.15, 0.2) is 0 Å². The van der Waals surface area contributed by atoms with Gasteiger partial charge in [0.1, 0.15) is 0 Å². The topological polar surface area (TPSA) is 39.1 Å². The highest BCUT2D eigenvalue weighted by Gasteiger charge is 2.33. The molecule has 1 aromatic heterocycles. The quantitative estimate of drug-likeness (QED) is 0.828. The predicted octanol–water partition coefficient (Wildman–Crippen LogP) is 2.93. The lowest BCUT2D eigenvalue weighted by molar-refractivity contribution is 0.181. The number of nitrogens with zero attached hydrogens (tertiary/aromatic N) is 2. The van der Waals surface area contributed by atoms with E-state index in [2.05, 4.69) is 31.0 Å². The molecule has 0 saturated heterocycles. The van der Waals surface area contributed by atoms with Crippen LogP contribution in [0.4, 0.5) is 0 Å². The smallest absolute Gasteiger partial charge is 0.0658 e. The van der Waals surface area contributed by atoms with Crippen molar-refractivity contribution in [3.05, 3.63) is 16.4 Å². The van der Waals surface area contributed by atoms with Crippen LogP contribution in [-0.2, 0) is 11.3 Å². The fraction of sp³-hybridized carbons (Fsp3) is 0.800.